The number of H-pyrrole nitrogens is 1. The molecule has 0 aliphatic heterocycles. The van der Waals surface area contributed by atoms with Crippen LogP contribution in [0.15, 0.2) is 40.5 Å². The summed E-state index contributed by atoms with van der Waals surface area (Å²) in [5, 5.41) is 2.78. The van der Waals surface area contributed by atoms with Crippen LogP contribution in [-0.2, 0) is 0 Å². The van der Waals surface area contributed by atoms with Gasteiger partial charge in [0, 0.05) is 22.4 Å². The summed E-state index contributed by atoms with van der Waals surface area (Å²) in [7, 11) is 5.37. The van der Waals surface area contributed by atoms with Crippen molar-refractivity contribution in [3.8, 4) is 16.9 Å². The van der Waals surface area contributed by atoms with Gasteiger partial charge in [0.2, 0.25) is 5.82 Å². The first-order valence-corrected chi connectivity index (χ1v) is 10.5. The van der Waals surface area contributed by atoms with Crippen LogP contribution in [0.4, 0.5) is 8.78 Å². The molecule has 30 heavy (non-hydrogen) atoms. The number of benzene rings is 2. The van der Waals surface area contributed by atoms with E-state index in [1.54, 1.807) is 11.4 Å². The van der Waals surface area contributed by atoms with E-state index in [0.717, 1.165) is 12.0 Å². The number of fused-ring (bicyclic) bond motifs is 3. The molecule has 4 rings (SSSR count). The van der Waals surface area contributed by atoms with Gasteiger partial charge in [0.1, 0.15) is 4.70 Å². The lowest BCUT2D eigenvalue weighted by Gasteiger charge is -2.23. The highest BCUT2D eigenvalue weighted by molar-refractivity contribution is 7.17. The quantitative estimate of drug-likeness (QED) is 0.443. The van der Waals surface area contributed by atoms with Crippen molar-refractivity contribution in [1.82, 2.24) is 9.88 Å². The number of ether oxygens (including phenoxy) is 1. The van der Waals surface area contributed by atoms with Crippen molar-refractivity contribution in [2.75, 3.05) is 21.2 Å². The molecule has 2 aromatic heterocycles. The van der Waals surface area contributed by atoms with Crippen LogP contribution in [0.3, 0.4) is 0 Å². The highest BCUT2D eigenvalue weighted by Gasteiger charge is 2.25. The Bertz CT molecular complexity index is 1290. The molecule has 0 saturated heterocycles. The third-order valence-corrected chi connectivity index (χ3v) is 6.43. The van der Waals surface area contributed by atoms with Crippen LogP contribution >= 0.6 is 11.3 Å². The molecule has 4 aromatic rings. The molecule has 0 aliphatic carbocycles. The Hall–Kier alpha value is -2.77. The second kappa shape index (κ2) is 7.81. The van der Waals surface area contributed by atoms with Crippen molar-refractivity contribution in [3.05, 3.63) is 63.3 Å². The largest absolute Gasteiger partial charge is 0.493 e. The molecule has 0 aliphatic rings. The van der Waals surface area contributed by atoms with Crippen LogP contribution in [-0.4, -0.2) is 31.1 Å². The minimum absolute atomic E-state index is 0.150. The molecule has 1 N–H and O–H groups in total. The second-order valence-corrected chi connectivity index (χ2v) is 8.33. The fourth-order valence-corrected chi connectivity index (χ4v) is 4.94. The van der Waals surface area contributed by atoms with E-state index in [2.05, 4.69) is 16.8 Å². The summed E-state index contributed by atoms with van der Waals surface area (Å²) in [6.07, 6.45) is 0.945. The van der Waals surface area contributed by atoms with Crippen molar-refractivity contribution in [3.63, 3.8) is 0 Å². The topological polar surface area (TPSA) is 45.3 Å². The van der Waals surface area contributed by atoms with Gasteiger partial charge in [0.15, 0.2) is 11.6 Å². The Morgan fingerprint density at radius 3 is 2.43 bits per heavy atom. The number of rotatable bonds is 5. The number of nitrogens with one attached hydrogen (secondary N) is 1. The first kappa shape index (κ1) is 20.5. The molecule has 0 radical (unpaired) electrons. The van der Waals surface area contributed by atoms with Crippen LogP contribution in [0.1, 0.15) is 24.9 Å². The molecule has 1 atom stereocenters. The predicted molar refractivity (Wildman–Crippen MR) is 119 cm³/mol. The minimum atomic E-state index is -1.12. The van der Waals surface area contributed by atoms with Crippen molar-refractivity contribution >= 4 is 32.3 Å². The number of halogens is 2. The number of aromatic nitrogens is 1. The molecular formula is C23H22F2N2O2S. The fraction of sp³-hybridized carbons (Fsp3) is 0.261. The highest BCUT2D eigenvalue weighted by Crippen LogP contribution is 2.43. The van der Waals surface area contributed by atoms with Gasteiger partial charge in [-0.3, -0.25) is 4.79 Å². The molecule has 156 valence electrons. The average molecular weight is 429 g/mol. The van der Waals surface area contributed by atoms with E-state index in [0.29, 0.717) is 26.6 Å². The van der Waals surface area contributed by atoms with E-state index in [-0.39, 0.29) is 17.3 Å². The van der Waals surface area contributed by atoms with E-state index >= 15 is 0 Å². The monoisotopic (exact) mass is 428 g/mol. The zero-order chi connectivity index (χ0) is 21.6. The smallest absolute Gasteiger partial charge is 0.266 e. The highest BCUT2D eigenvalue weighted by atomic mass is 32.1. The van der Waals surface area contributed by atoms with Gasteiger partial charge in [-0.1, -0.05) is 31.2 Å². The van der Waals surface area contributed by atoms with Crippen molar-refractivity contribution < 1.29 is 13.5 Å². The van der Waals surface area contributed by atoms with E-state index < -0.39 is 17.2 Å². The third kappa shape index (κ3) is 3.09. The number of thiophene rings is 1. The maximum atomic E-state index is 14.9. The summed E-state index contributed by atoms with van der Waals surface area (Å²) >= 11 is 1.26. The van der Waals surface area contributed by atoms with Gasteiger partial charge >= 0.3 is 0 Å². The normalized spacial score (nSPS) is 12.8. The zero-order valence-corrected chi connectivity index (χ0v) is 18.0. The Labute approximate surface area is 176 Å². The molecule has 0 amide bonds. The Balaban J connectivity index is 2.06. The summed E-state index contributed by atoms with van der Waals surface area (Å²) in [4.78, 5) is 17.0. The van der Waals surface area contributed by atoms with Gasteiger partial charge in [-0.25, -0.2) is 4.39 Å². The maximum absolute atomic E-state index is 14.9. The first-order chi connectivity index (χ1) is 14.4. The SMILES string of the molecule is CCC(c1ccc(-c2c(OC)c(F)c(F)c3[nH]c(=O)c4sccc4c23)cc1)N(C)C. The number of aromatic amines is 1. The first-order valence-electron chi connectivity index (χ1n) is 9.63. The molecule has 0 saturated carbocycles. The lowest BCUT2D eigenvalue weighted by atomic mass is 9.94. The van der Waals surface area contributed by atoms with Crippen molar-refractivity contribution in [2.24, 2.45) is 0 Å². The fourth-order valence-electron chi connectivity index (χ4n) is 4.14. The van der Waals surface area contributed by atoms with Crippen LogP contribution in [0, 0.1) is 11.6 Å². The zero-order valence-electron chi connectivity index (χ0n) is 17.2. The van der Waals surface area contributed by atoms with Crippen molar-refractivity contribution in [2.45, 2.75) is 19.4 Å². The van der Waals surface area contributed by atoms with E-state index in [4.69, 9.17) is 4.74 Å². The summed E-state index contributed by atoms with van der Waals surface area (Å²) < 4.78 is 35.5. The van der Waals surface area contributed by atoms with Gasteiger partial charge in [0.05, 0.1) is 12.6 Å². The lowest BCUT2D eigenvalue weighted by Crippen LogP contribution is -2.18. The molecule has 7 heteroatoms. The van der Waals surface area contributed by atoms with Gasteiger partial charge in [-0.05, 0) is 43.1 Å². The van der Waals surface area contributed by atoms with Crippen LogP contribution in [0.5, 0.6) is 5.75 Å². The Morgan fingerprint density at radius 1 is 1.13 bits per heavy atom. The summed E-state index contributed by atoms with van der Waals surface area (Å²) in [5.74, 6) is -2.41. The summed E-state index contributed by atoms with van der Waals surface area (Å²) in [6, 6.07) is 9.77. The van der Waals surface area contributed by atoms with E-state index in [1.807, 2.05) is 38.4 Å². The van der Waals surface area contributed by atoms with Gasteiger partial charge in [0.25, 0.3) is 5.56 Å². The van der Waals surface area contributed by atoms with E-state index in [1.165, 1.54) is 18.4 Å². The number of methoxy groups -OCH3 is 1. The number of hydrogen-bond acceptors (Lipinski definition) is 4. The molecular weight excluding hydrogens is 406 g/mol. The maximum Gasteiger partial charge on any atom is 0.266 e. The summed E-state index contributed by atoms with van der Waals surface area (Å²) in [6.45, 7) is 2.12. The Morgan fingerprint density at radius 2 is 1.83 bits per heavy atom. The summed E-state index contributed by atoms with van der Waals surface area (Å²) in [5.41, 5.74) is 1.66. The predicted octanol–water partition coefficient (Wildman–Crippen LogP) is 5.71. The Kier molecular flexibility index (Phi) is 5.34. The van der Waals surface area contributed by atoms with Gasteiger partial charge in [-0.2, -0.15) is 4.39 Å². The molecule has 0 fully saturated rings. The number of hydrogen-bond donors (Lipinski definition) is 1. The molecule has 0 spiro atoms. The standard InChI is InChI=1S/C23H22F2N2O2S/c1-5-15(27(2)3)12-6-8-13(9-7-12)16-17-14-10-11-30-22(14)23(28)26-20(17)18(24)19(25)21(16)29-4/h6-11,15H,5H2,1-4H3,(H,26,28). The van der Waals surface area contributed by atoms with Crippen LogP contribution in [0.25, 0.3) is 32.1 Å². The van der Waals surface area contributed by atoms with Crippen molar-refractivity contribution in [1.29, 1.82) is 0 Å². The minimum Gasteiger partial charge on any atom is -0.493 e. The average Bonchev–Trinajstić information content (AvgIpc) is 3.22. The third-order valence-electron chi connectivity index (χ3n) is 5.52. The molecule has 4 nitrogen and oxygen atoms in total. The van der Waals surface area contributed by atoms with Crippen LogP contribution in [0.2, 0.25) is 0 Å². The molecule has 2 heterocycles. The van der Waals surface area contributed by atoms with Crippen LogP contribution < -0.4 is 10.3 Å². The molecule has 2 aromatic carbocycles. The second-order valence-electron chi connectivity index (χ2n) is 7.41. The number of pyridine rings is 1. The molecule has 0 bridgehead atoms. The molecule has 1 unspecified atom stereocenters. The van der Waals surface area contributed by atoms with Gasteiger partial charge < -0.3 is 14.6 Å². The lowest BCUT2D eigenvalue weighted by molar-refractivity contribution is 0.292. The number of nitrogens with zero attached hydrogens (tertiary/aromatic N) is 1. The van der Waals surface area contributed by atoms with E-state index in [9.17, 15) is 13.6 Å². The van der Waals surface area contributed by atoms with Gasteiger partial charge in [-0.15, -0.1) is 11.3 Å².